The number of nitrogens with two attached hydrogens (primary N) is 1. The summed E-state index contributed by atoms with van der Waals surface area (Å²) in [5, 5.41) is 9.02. The fraction of sp³-hybridized carbons (Fsp3) is 0.417. The summed E-state index contributed by atoms with van der Waals surface area (Å²) in [5.74, 6) is 6.11. The van der Waals surface area contributed by atoms with Crippen LogP contribution in [0.15, 0.2) is 27.8 Å². The molecule has 3 heterocycles. The molecule has 1 aliphatic heterocycles. The molecule has 3 aromatic rings. The Morgan fingerprint density at radius 2 is 2.00 bits per heavy atom. The van der Waals surface area contributed by atoms with Crippen LogP contribution in [0.3, 0.4) is 0 Å². The number of halogens is 3. The first-order valence-electron chi connectivity index (χ1n) is 11.3. The van der Waals surface area contributed by atoms with Crippen LogP contribution in [0.4, 0.5) is 19.1 Å². The molecule has 0 saturated carbocycles. The molecule has 4 rings (SSSR count). The van der Waals surface area contributed by atoms with E-state index in [9.17, 15) is 22.8 Å². The van der Waals surface area contributed by atoms with Gasteiger partial charge < -0.3 is 10.6 Å². The Balaban J connectivity index is 1.94. The number of benzene rings is 1. The Labute approximate surface area is 204 Å². The van der Waals surface area contributed by atoms with Crippen molar-refractivity contribution in [3.63, 3.8) is 0 Å². The average molecular weight is 499 g/mol. The summed E-state index contributed by atoms with van der Waals surface area (Å²) in [7, 11) is 1.42. The molecule has 9 nitrogen and oxygen atoms in total. The van der Waals surface area contributed by atoms with Gasteiger partial charge in [0.05, 0.1) is 30.3 Å². The van der Waals surface area contributed by atoms with Crippen molar-refractivity contribution < 1.29 is 13.2 Å². The third-order valence-corrected chi connectivity index (χ3v) is 6.24. The van der Waals surface area contributed by atoms with Crippen LogP contribution in [0.5, 0.6) is 0 Å². The van der Waals surface area contributed by atoms with Gasteiger partial charge in [0.15, 0.2) is 11.2 Å². The summed E-state index contributed by atoms with van der Waals surface area (Å²) in [6, 6.07) is 4.64. The second kappa shape index (κ2) is 9.55. The van der Waals surface area contributed by atoms with E-state index in [1.165, 1.54) is 13.1 Å². The van der Waals surface area contributed by atoms with Crippen molar-refractivity contribution in [2.24, 2.45) is 12.8 Å². The first-order chi connectivity index (χ1) is 17.1. The van der Waals surface area contributed by atoms with E-state index in [1.54, 1.807) is 17.6 Å². The van der Waals surface area contributed by atoms with Gasteiger partial charge in [-0.2, -0.15) is 23.4 Å². The van der Waals surface area contributed by atoms with Gasteiger partial charge in [0.2, 0.25) is 5.95 Å². The molecule has 0 amide bonds. The highest BCUT2D eigenvalue weighted by Gasteiger charge is 2.34. The Morgan fingerprint density at radius 1 is 1.25 bits per heavy atom. The van der Waals surface area contributed by atoms with Crippen molar-refractivity contribution in [1.82, 2.24) is 18.7 Å². The normalized spacial score (nSPS) is 16.0. The van der Waals surface area contributed by atoms with E-state index in [2.05, 4.69) is 16.8 Å². The SMILES string of the molecule is CC#CCn1c(N2CCCC(N)C2)nc2c1c(=O)n(Cc1ccc(C#N)cc1C(F)(F)F)c(=O)n2C. The van der Waals surface area contributed by atoms with Gasteiger partial charge >= 0.3 is 11.9 Å². The number of imidazole rings is 1. The van der Waals surface area contributed by atoms with Gasteiger partial charge in [0.25, 0.3) is 5.56 Å². The Kier molecular flexibility index (Phi) is 6.65. The lowest BCUT2D eigenvalue weighted by molar-refractivity contribution is -0.138. The van der Waals surface area contributed by atoms with E-state index in [-0.39, 0.29) is 34.9 Å². The first-order valence-corrected chi connectivity index (χ1v) is 11.3. The minimum Gasteiger partial charge on any atom is -0.341 e. The summed E-state index contributed by atoms with van der Waals surface area (Å²) >= 11 is 0. The number of nitrogens with zero attached hydrogens (tertiary/aromatic N) is 6. The molecule has 0 spiro atoms. The topological polar surface area (TPSA) is 115 Å². The Bertz CT molecular complexity index is 1550. The molecule has 1 aromatic carbocycles. The van der Waals surface area contributed by atoms with Crippen LogP contribution >= 0.6 is 0 Å². The lowest BCUT2D eigenvalue weighted by Gasteiger charge is -2.31. The number of aryl methyl sites for hydroxylation is 1. The molecule has 0 aliphatic carbocycles. The maximum Gasteiger partial charge on any atom is 0.416 e. The zero-order valence-electron chi connectivity index (χ0n) is 19.8. The molecule has 1 aliphatic rings. The molecular formula is C24H24F3N7O2. The van der Waals surface area contributed by atoms with Crippen LogP contribution in [0.25, 0.3) is 11.2 Å². The van der Waals surface area contributed by atoms with E-state index in [4.69, 9.17) is 11.0 Å². The van der Waals surface area contributed by atoms with Crippen molar-refractivity contribution in [3.05, 3.63) is 55.7 Å². The fourth-order valence-corrected chi connectivity index (χ4v) is 4.46. The van der Waals surface area contributed by atoms with E-state index >= 15 is 0 Å². The second-order valence-corrected chi connectivity index (χ2v) is 8.66. The summed E-state index contributed by atoms with van der Waals surface area (Å²) in [6.07, 6.45) is -3.10. The lowest BCUT2D eigenvalue weighted by Crippen LogP contribution is -2.44. The van der Waals surface area contributed by atoms with Crippen molar-refractivity contribution in [2.75, 3.05) is 18.0 Å². The summed E-state index contributed by atoms with van der Waals surface area (Å²) < 4.78 is 44.7. The van der Waals surface area contributed by atoms with E-state index in [0.29, 0.717) is 25.1 Å². The third kappa shape index (κ3) is 4.48. The number of rotatable bonds is 4. The van der Waals surface area contributed by atoms with Gasteiger partial charge in [-0.25, -0.2) is 4.79 Å². The van der Waals surface area contributed by atoms with Gasteiger partial charge in [-0.3, -0.25) is 18.5 Å². The third-order valence-electron chi connectivity index (χ3n) is 6.24. The molecule has 12 heteroatoms. The standard InChI is InChI=1S/C24H24F3N7O2/c1-3-4-10-33-19-20(30-22(33)32-9-5-6-17(29)14-32)31(2)23(36)34(21(19)35)13-16-8-7-15(12-28)11-18(16)24(25,26)27/h7-8,11,17H,5-6,9-10,13-14,29H2,1-2H3. The quantitative estimate of drug-likeness (QED) is 0.548. The molecule has 1 atom stereocenters. The molecule has 36 heavy (non-hydrogen) atoms. The number of piperidine rings is 1. The molecule has 2 N–H and O–H groups in total. The summed E-state index contributed by atoms with van der Waals surface area (Å²) in [6.45, 7) is 2.28. The second-order valence-electron chi connectivity index (χ2n) is 8.66. The lowest BCUT2D eigenvalue weighted by atomic mass is 10.0. The highest BCUT2D eigenvalue weighted by atomic mass is 19.4. The molecule has 1 fully saturated rings. The van der Waals surface area contributed by atoms with Gasteiger partial charge in [0, 0.05) is 26.2 Å². The Morgan fingerprint density at radius 3 is 2.64 bits per heavy atom. The van der Waals surface area contributed by atoms with Crippen LogP contribution < -0.4 is 21.9 Å². The average Bonchev–Trinajstić information content (AvgIpc) is 3.23. The number of aromatic nitrogens is 4. The minimum absolute atomic E-state index is 0.0659. The van der Waals surface area contributed by atoms with E-state index < -0.39 is 29.5 Å². The zero-order valence-corrected chi connectivity index (χ0v) is 19.8. The van der Waals surface area contributed by atoms with Gasteiger partial charge in [-0.05, 0) is 37.5 Å². The van der Waals surface area contributed by atoms with Crippen molar-refractivity contribution in [2.45, 2.75) is 45.1 Å². The van der Waals surface area contributed by atoms with Crippen LogP contribution in [0.2, 0.25) is 0 Å². The smallest absolute Gasteiger partial charge is 0.341 e. The van der Waals surface area contributed by atoms with Gasteiger partial charge in [-0.15, -0.1) is 5.92 Å². The van der Waals surface area contributed by atoms with Gasteiger partial charge in [0.1, 0.15) is 0 Å². The predicted octanol–water partition coefficient (Wildman–Crippen LogP) is 1.79. The largest absolute Gasteiger partial charge is 0.416 e. The highest BCUT2D eigenvalue weighted by Crippen LogP contribution is 2.33. The number of fused-ring (bicyclic) bond motifs is 1. The van der Waals surface area contributed by atoms with Gasteiger partial charge in [-0.1, -0.05) is 12.0 Å². The minimum atomic E-state index is -4.78. The van der Waals surface area contributed by atoms with E-state index in [1.807, 2.05) is 4.90 Å². The van der Waals surface area contributed by atoms with Crippen LogP contribution in [0, 0.1) is 23.2 Å². The van der Waals surface area contributed by atoms with Crippen LogP contribution in [-0.4, -0.2) is 37.8 Å². The first kappa shape index (κ1) is 25.1. The number of hydrogen-bond donors (Lipinski definition) is 1. The number of alkyl halides is 3. The van der Waals surface area contributed by atoms with E-state index in [0.717, 1.165) is 28.0 Å². The predicted molar refractivity (Wildman–Crippen MR) is 127 cm³/mol. The summed E-state index contributed by atoms with van der Waals surface area (Å²) in [4.78, 5) is 33.2. The number of hydrogen-bond acceptors (Lipinski definition) is 6. The molecule has 0 bridgehead atoms. The molecule has 188 valence electrons. The monoisotopic (exact) mass is 499 g/mol. The summed E-state index contributed by atoms with van der Waals surface area (Å²) in [5.41, 5.74) is 3.17. The highest BCUT2D eigenvalue weighted by molar-refractivity contribution is 5.75. The fourth-order valence-electron chi connectivity index (χ4n) is 4.46. The molecule has 0 radical (unpaired) electrons. The van der Waals surface area contributed by atoms with Crippen LogP contribution in [0.1, 0.15) is 36.5 Å². The van der Waals surface area contributed by atoms with Crippen molar-refractivity contribution in [3.8, 4) is 17.9 Å². The maximum absolute atomic E-state index is 13.7. The number of nitriles is 1. The van der Waals surface area contributed by atoms with Crippen LogP contribution in [-0.2, 0) is 26.3 Å². The molecule has 2 aromatic heterocycles. The Hall–Kier alpha value is -4.03. The number of anilines is 1. The van der Waals surface area contributed by atoms with Crippen molar-refractivity contribution in [1.29, 1.82) is 5.26 Å². The molecule has 1 saturated heterocycles. The zero-order chi connectivity index (χ0) is 26.2. The maximum atomic E-state index is 13.7. The molecular weight excluding hydrogens is 475 g/mol. The molecule has 1 unspecified atom stereocenters. The van der Waals surface area contributed by atoms with Crippen molar-refractivity contribution >= 4 is 17.1 Å².